The first-order valence-electron chi connectivity index (χ1n) is 32.7. The van der Waals surface area contributed by atoms with Crippen LogP contribution >= 0.6 is 0 Å². The van der Waals surface area contributed by atoms with Gasteiger partial charge >= 0.3 is 17.7 Å². The Hall–Kier alpha value is -7.86. The largest absolute Gasteiger partial charge is 0.354 e. The van der Waals surface area contributed by atoms with E-state index in [2.05, 4.69) is 59.4 Å². The molecule has 3 fully saturated rings. The van der Waals surface area contributed by atoms with Crippen LogP contribution in [0.25, 0.3) is 47.6 Å². The molecule has 3 amide bonds. The van der Waals surface area contributed by atoms with Crippen LogP contribution in [0.3, 0.4) is 0 Å². The van der Waals surface area contributed by atoms with Gasteiger partial charge in [0.05, 0.1) is 39.7 Å². The molecule has 0 aliphatic carbocycles. The van der Waals surface area contributed by atoms with Crippen molar-refractivity contribution in [3.8, 4) is 0 Å². The number of nitrogens with zero attached hydrogens (tertiary/aromatic N) is 15. The highest BCUT2D eigenvalue weighted by molar-refractivity contribution is 5.90. The van der Waals surface area contributed by atoms with Crippen molar-refractivity contribution in [3.63, 3.8) is 0 Å². The number of anilines is 3. The van der Waals surface area contributed by atoms with Gasteiger partial charge in [-0.1, -0.05) is 20.6 Å². The summed E-state index contributed by atoms with van der Waals surface area (Å²) in [6.45, 7) is 15.4. The molecule has 21 heteroatoms. The SMILES string of the molecule is [2H]c1nc(N(C)[C@@]2([2H])CN(C(=O)C[N+]#[C-])CC[C@@]2([2H])C([2H])([2H])[2H])c2c([2H])c(C)[nH]c2n1.[2H]c1nc(N([C@H]2CN(C(=O)C[N+]#[C-])CC[C@H]2C([2H])([2H])[2H])C([2H])([2H])[2H])c2c([2H])c(C)[nH]c2n1.[2H]c1nc(N([C@H]2CN(C(=O)C[N+]#[C-])CC[C@H]2C)C([2H])([2H])[2H])c2c([2H])c(C)[nH]c2n1. The number of amides is 3. The topological polar surface area (TPSA) is 208 Å². The Bertz CT molecular complexity index is 3920. The quantitative estimate of drug-likeness (QED) is 0.152. The molecule has 0 bridgehead atoms. The van der Waals surface area contributed by atoms with E-state index in [9.17, 15) is 14.4 Å². The summed E-state index contributed by atoms with van der Waals surface area (Å²) in [7, 11) is 1.37. The lowest BCUT2D eigenvalue weighted by atomic mass is 9.92. The molecule has 9 heterocycles. The Morgan fingerprint density at radius 3 is 1.42 bits per heavy atom. The number of rotatable bonds is 9. The van der Waals surface area contributed by atoms with Crippen LogP contribution < -0.4 is 14.7 Å². The van der Waals surface area contributed by atoms with Crippen LogP contribution in [0.1, 0.15) is 84.4 Å². The standard InChI is InChI=1S/3C17H22N6O/c3*1-11-5-6-23(15(24)8-18-3)9-14(11)22(4)17-13-7-12(2)21-16(13)19-10-20-17/h3*7,10-11,14H,5-6,8-9H2,1-2,4H3,(H,19,20,21)/t3*11-,14+/m111/s1/i1D3,7D,10D,11D,14D;1D3,4D3,7D,10D;4D3,7D,10D. The average molecular weight is 999 g/mol. The minimum atomic E-state index is -2.90. The number of carbonyl (C=O) groups is 3. The van der Waals surface area contributed by atoms with Gasteiger partial charge in [0, 0.05) is 95.2 Å². The zero-order chi connectivity index (χ0) is 68.9. The lowest BCUT2D eigenvalue weighted by Crippen LogP contribution is -2.53. The number of likely N-dealkylation sites (tertiary alicyclic amines) is 3. The number of aromatic amines is 3. The second-order valence-corrected chi connectivity index (χ2v) is 17.5. The van der Waals surface area contributed by atoms with Gasteiger partial charge < -0.3 is 58.9 Å². The molecule has 6 aromatic heterocycles. The highest BCUT2D eigenvalue weighted by Gasteiger charge is 2.36. The molecule has 3 aliphatic heterocycles. The number of piperidine rings is 3. The predicted octanol–water partition coefficient (Wildman–Crippen LogP) is 5.58. The number of aromatic nitrogens is 9. The van der Waals surface area contributed by atoms with E-state index in [1.54, 1.807) is 20.8 Å². The second-order valence-electron chi connectivity index (χ2n) is 17.5. The van der Waals surface area contributed by atoms with Gasteiger partial charge in [-0.3, -0.25) is 14.4 Å². The van der Waals surface area contributed by atoms with E-state index in [0.29, 0.717) is 30.0 Å². The van der Waals surface area contributed by atoms with Gasteiger partial charge in [0.25, 0.3) is 19.6 Å². The van der Waals surface area contributed by atoms with Crippen LogP contribution in [0.15, 0.2) is 37.0 Å². The third-order valence-corrected chi connectivity index (χ3v) is 12.6. The Labute approximate surface area is 449 Å². The van der Waals surface area contributed by atoms with Gasteiger partial charge in [-0.25, -0.2) is 49.6 Å². The van der Waals surface area contributed by atoms with Crippen molar-refractivity contribution < 1.29 is 41.8 Å². The Balaban J connectivity index is 0.000000196. The fourth-order valence-corrected chi connectivity index (χ4v) is 8.66. The van der Waals surface area contributed by atoms with E-state index < -0.39 is 102 Å². The smallest absolute Gasteiger partial charge is 0.302 e. The van der Waals surface area contributed by atoms with Gasteiger partial charge in [0.2, 0.25) is 0 Å². The predicted molar refractivity (Wildman–Crippen MR) is 278 cm³/mol. The van der Waals surface area contributed by atoms with Crippen molar-refractivity contribution in [1.82, 2.24) is 59.6 Å². The molecule has 6 aromatic rings. The first-order valence-corrected chi connectivity index (χ1v) is 22.7. The number of likely N-dealkylation sites (N-methyl/N-ethyl adjacent to an activating group) is 3. The maximum atomic E-state index is 12.4. The number of aryl methyl sites for hydroxylation is 3. The number of hydrogen-bond donors (Lipinski definition) is 3. The fourth-order valence-electron chi connectivity index (χ4n) is 8.66. The Kier molecular flexibility index (Phi) is 10.0. The summed E-state index contributed by atoms with van der Waals surface area (Å²) in [5, 5.41) is 0.495. The first-order chi connectivity index (χ1) is 42.6. The van der Waals surface area contributed by atoms with E-state index >= 15 is 0 Å². The highest BCUT2D eigenvalue weighted by atomic mass is 16.2. The Morgan fingerprint density at radius 2 is 1.01 bits per heavy atom. The molecule has 0 spiro atoms. The summed E-state index contributed by atoms with van der Waals surface area (Å²) in [5.74, 6) is -5.23. The van der Waals surface area contributed by atoms with Crippen molar-refractivity contribution in [2.24, 2.45) is 17.7 Å². The molecule has 0 radical (unpaired) electrons. The Morgan fingerprint density at radius 1 is 0.625 bits per heavy atom. The van der Waals surface area contributed by atoms with Crippen LogP contribution in [0.4, 0.5) is 17.5 Å². The molecular weight excluding hydrogens is 913 g/mol. The van der Waals surface area contributed by atoms with Crippen molar-refractivity contribution in [3.05, 3.63) is 88.4 Å². The molecule has 0 unspecified atom stereocenters. The molecule has 3 N–H and O–H groups in total. The monoisotopic (exact) mass is 999 g/mol. The second kappa shape index (κ2) is 22.9. The molecular formula is C51H66N18O3. The van der Waals surface area contributed by atoms with Gasteiger partial charge in [-0.15, -0.1) is 0 Å². The van der Waals surface area contributed by atoms with E-state index in [1.165, 1.54) is 21.7 Å². The lowest BCUT2D eigenvalue weighted by Gasteiger charge is -2.41. The summed E-state index contributed by atoms with van der Waals surface area (Å²) < 4.78 is 164. The number of fused-ring (bicyclic) bond motifs is 3. The minimum absolute atomic E-state index is 0.000653. The van der Waals surface area contributed by atoms with Crippen LogP contribution in [0.5, 0.6) is 0 Å². The molecule has 3 saturated heterocycles. The van der Waals surface area contributed by atoms with Crippen LogP contribution in [0.2, 0.25) is 0 Å². The van der Waals surface area contributed by atoms with E-state index in [1.807, 2.05) is 6.92 Å². The lowest BCUT2D eigenvalue weighted by molar-refractivity contribution is -0.131. The normalized spacial score (nSPS) is 27.6. The summed E-state index contributed by atoms with van der Waals surface area (Å²) in [4.78, 5) is 85.9. The number of hydrogen-bond acceptors (Lipinski definition) is 12. The summed E-state index contributed by atoms with van der Waals surface area (Å²) in [6.07, 6.45) is -0.997. The summed E-state index contributed by atoms with van der Waals surface area (Å²) in [5.41, 5.74) is 1.86. The van der Waals surface area contributed by atoms with E-state index in [0.717, 1.165) is 14.7 Å². The molecule has 72 heavy (non-hydrogen) atoms. The molecule has 9 rings (SSSR count). The first kappa shape index (κ1) is 31.5. The summed E-state index contributed by atoms with van der Waals surface area (Å²) in [6, 6.07) is -4.00. The van der Waals surface area contributed by atoms with Crippen LogP contribution in [-0.4, -0.2) is 175 Å². The molecule has 6 atom stereocenters. The maximum absolute atomic E-state index is 12.4. The van der Waals surface area contributed by atoms with Gasteiger partial charge in [0.15, 0.2) is 0 Å². The fraction of sp³-hybridized carbons (Fsp3) is 0.529. The number of nitrogens with one attached hydrogen (secondary N) is 3. The molecule has 3 aliphatic rings. The zero-order valence-corrected chi connectivity index (χ0v) is 40.2. The van der Waals surface area contributed by atoms with Crippen molar-refractivity contribution in [2.75, 3.05) is 94.6 Å². The number of carbonyl (C=O) groups excluding carboxylic acids is 3. The van der Waals surface area contributed by atoms with Crippen molar-refractivity contribution in [1.29, 1.82) is 0 Å². The van der Waals surface area contributed by atoms with Gasteiger partial charge in [-0.05, 0) is 75.9 Å². The van der Waals surface area contributed by atoms with E-state index in [4.69, 9.17) is 47.1 Å². The number of H-pyrrole nitrogens is 3. The highest BCUT2D eigenvalue weighted by Crippen LogP contribution is 2.32. The maximum Gasteiger partial charge on any atom is 0.302 e. The molecule has 378 valence electrons. The van der Waals surface area contributed by atoms with Crippen molar-refractivity contribution in [2.45, 2.75) is 78.8 Å². The third-order valence-electron chi connectivity index (χ3n) is 12.6. The van der Waals surface area contributed by atoms with Crippen molar-refractivity contribution >= 4 is 68.3 Å². The molecule has 0 aromatic carbocycles. The van der Waals surface area contributed by atoms with Crippen LogP contribution in [0, 0.1) is 58.2 Å². The van der Waals surface area contributed by atoms with Crippen LogP contribution in [-0.2, 0) is 14.4 Å². The van der Waals surface area contributed by atoms with E-state index in [-0.39, 0.29) is 132 Å². The summed E-state index contributed by atoms with van der Waals surface area (Å²) >= 11 is 0. The van der Waals surface area contributed by atoms with Gasteiger partial charge in [0.1, 0.15) is 57.4 Å². The molecule has 21 nitrogen and oxygen atoms in total. The molecule has 0 saturated carbocycles. The zero-order valence-electron chi connectivity index (χ0n) is 60.2. The third kappa shape index (κ3) is 11.5. The minimum Gasteiger partial charge on any atom is -0.354 e. The average Bonchev–Trinajstić information content (AvgIpc) is 0.828. The van der Waals surface area contributed by atoms with Gasteiger partial charge in [-0.2, -0.15) is 0 Å².